The fourth-order valence-corrected chi connectivity index (χ4v) is 4.84. The molecule has 11 nitrogen and oxygen atoms in total. The van der Waals surface area contributed by atoms with Crippen molar-refractivity contribution in [3.63, 3.8) is 0 Å². The van der Waals surface area contributed by atoms with Gasteiger partial charge in [0, 0.05) is 62.5 Å². The molecule has 1 amide bonds. The van der Waals surface area contributed by atoms with Gasteiger partial charge in [0.25, 0.3) is 5.91 Å². The first-order valence-corrected chi connectivity index (χ1v) is 15.4. The van der Waals surface area contributed by atoms with Crippen molar-refractivity contribution in [2.45, 2.75) is 47.5 Å². The third-order valence-corrected chi connectivity index (χ3v) is 7.03. The number of carbonyl (C=O) groups excluding carboxylic acids is 1. The van der Waals surface area contributed by atoms with Crippen molar-refractivity contribution in [2.75, 3.05) is 59.6 Å². The number of amides is 1. The van der Waals surface area contributed by atoms with Crippen molar-refractivity contribution in [3.05, 3.63) is 56.8 Å². The summed E-state index contributed by atoms with van der Waals surface area (Å²) in [5.74, 6) is 0.547. The minimum Gasteiger partial charge on any atom is -0.507 e. The standard InChI is InChI=1S/C34H48N4O7/c1-7-43-25-18-27-31(32(40)23(25)10-8-21(2)3)33(41)30-24(11-9-22(4)5)34(42-6)28(19-26(30)45-27)44-20-29(39)38-17-16-37-15-14-36-13-12-35/h8-9,18-19,36-37,40H,7,10-17,20,35H2,1-6H3,(H,38,39). The second kappa shape index (κ2) is 17.4. The summed E-state index contributed by atoms with van der Waals surface area (Å²) < 4.78 is 23.8. The Morgan fingerprint density at radius 3 is 2.11 bits per heavy atom. The third-order valence-electron chi connectivity index (χ3n) is 7.03. The van der Waals surface area contributed by atoms with E-state index < -0.39 is 5.43 Å². The summed E-state index contributed by atoms with van der Waals surface area (Å²) in [6.45, 7) is 13.7. The SMILES string of the molecule is CCOc1cc2oc3cc(OCC(=O)NCCNCCNCCN)c(OC)c(CC=C(C)C)c3c(=O)c2c(O)c1CC=C(C)C. The molecule has 11 heteroatoms. The molecule has 0 saturated heterocycles. The smallest absolute Gasteiger partial charge is 0.257 e. The number of nitrogens with one attached hydrogen (secondary N) is 3. The van der Waals surface area contributed by atoms with E-state index in [1.807, 2.05) is 46.8 Å². The van der Waals surface area contributed by atoms with Gasteiger partial charge in [-0.15, -0.1) is 0 Å². The molecule has 3 rings (SSSR count). The fourth-order valence-electron chi connectivity index (χ4n) is 4.84. The number of aromatic hydroxyl groups is 1. The number of carbonyl (C=O) groups is 1. The van der Waals surface area contributed by atoms with Crippen LogP contribution in [-0.2, 0) is 17.6 Å². The van der Waals surface area contributed by atoms with Gasteiger partial charge in [-0.2, -0.15) is 0 Å². The Morgan fingerprint density at radius 1 is 0.889 bits per heavy atom. The van der Waals surface area contributed by atoms with Crippen molar-refractivity contribution >= 4 is 27.8 Å². The average Bonchev–Trinajstić information content (AvgIpc) is 2.99. The van der Waals surface area contributed by atoms with Crippen molar-refractivity contribution in [1.29, 1.82) is 0 Å². The Morgan fingerprint density at radius 2 is 1.49 bits per heavy atom. The van der Waals surface area contributed by atoms with Crippen molar-refractivity contribution in [2.24, 2.45) is 5.73 Å². The van der Waals surface area contributed by atoms with Crippen molar-refractivity contribution < 1.29 is 28.5 Å². The number of phenolic OH excluding ortho intramolecular Hbond substituents is 1. The number of allylic oxidation sites excluding steroid dienone is 4. The van der Waals surface area contributed by atoms with E-state index in [0.29, 0.717) is 61.7 Å². The summed E-state index contributed by atoms with van der Waals surface area (Å²) >= 11 is 0. The Kier molecular flexibility index (Phi) is 13.7. The zero-order valence-corrected chi connectivity index (χ0v) is 27.4. The summed E-state index contributed by atoms with van der Waals surface area (Å²) in [6.07, 6.45) is 4.67. The molecule has 2 aromatic carbocycles. The molecule has 0 aliphatic heterocycles. The summed E-state index contributed by atoms with van der Waals surface area (Å²) in [5, 5.41) is 21.0. The molecule has 45 heavy (non-hydrogen) atoms. The molecule has 0 atom stereocenters. The topological polar surface area (TPSA) is 157 Å². The molecule has 0 radical (unpaired) electrons. The van der Waals surface area contributed by atoms with Gasteiger partial charge in [-0.25, -0.2) is 0 Å². The van der Waals surface area contributed by atoms with Crippen LogP contribution >= 0.6 is 0 Å². The number of fused-ring (bicyclic) bond motifs is 2. The number of benzene rings is 2. The maximum Gasteiger partial charge on any atom is 0.257 e. The van der Waals surface area contributed by atoms with Gasteiger partial charge in [0.1, 0.15) is 28.1 Å². The molecule has 0 aliphatic carbocycles. The van der Waals surface area contributed by atoms with E-state index in [-0.39, 0.29) is 46.0 Å². The predicted octanol–water partition coefficient (Wildman–Crippen LogP) is 3.71. The van der Waals surface area contributed by atoms with Crippen LogP contribution in [0.15, 0.2) is 44.6 Å². The van der Waals surface area contributed by atoms with E-state index in [0.717, 1.165) is 30.8 Å². The second-order valence-electron chi connectivity index (χ2n) is 11.1. The predicted molar refractivity (Wildman–Crippen MR) is 179 cm³/mol. The summed E-state index contributed by atoms with van der Waals surface area (Å²) in [4.78, 5) is 26.7. The first kappa shape index (κ1) is 35.4. The van der Waals surface area contributed by atoms with Crippen LogP contribution in [0, 0.1) is 0 Å². The molecule has 0 fully saturated rings. The highest BCUT2D eigenvalue weighted by Gasteiger charge is 2.24. The largest absolute Gasteiger partial charge is 0.507 e. The van der Waals surface area contributed by atoms with Crippen LogP contribution in [0.2, 0.25) is 0 Å². The van der Waals surface area contributed by atoms with Crippen LogP contribution in [-0.4, -0.2) is 70.6 Å². The lowest BCUT2D eigenvalue weighted by Gasteiger charge is -2.18. The first-order valence-electron chi connectivity index (χ1n) is 15.4. The highest BCUT2D eigenvalue weighted by Crippen LogP contribution is 2.41. The van der Waals surface area contributed by atoms with Crippen LogP contribution in [0.25, 0.3) is 21.9 Å². The Balaban J connectivity index is 2.01. The van der Waals surface area contributed by atoms with E-state index >= 15 is 0 Å². The van der Waals surface area contributed by atoms with E-state index in [2.05, 4.69) is 16.0 Å². The number of methoxy groups -OCH3 is 1. The molecule has 0 saturated carbocycles. The van der Waals surface area contributed by atoms with Gasteiger partial charge >= 0.3 is 0 Å². The molecule has 0 spiro atoms. The number of nitrogens with two attached hydrogens (primary N) is 1. The molecule has 6 N–H and O–H groups in total. The third kappa shape index (κ3) is 9.46. The average molecular weight is 625 g/mol. The number of ether oxygens (including phenoxy) is 3. The quantitative estimate of drug-likeness (QED) is 0.0803. The van der Waals surface area contributed by atoms with Gasteiger partial charge in [-0.3, -0.25) is 9.59 Å². The molecule has 0 bridgehead atoms. The Bertz CT molecular complexity index is 1590. The Hall–Kier alpha value is -4.06. The van der Waals surface area contributed by atoms with E-state index in [1.54, 1.807) is 12.1 Å². The maximum absolute atomic E-state index is 14.2. The molecular formula is C34H48N4O7. The van der Waals surface area contributed by atoms with Crippen LogP contribution in [0.4, 0.5) is 0 Å². The Labute approximate surface area is 264 Å². The molecule has 0 unspecified atom stereocenters. The van der Waals surface area contributed by atoms with Gasteiger partial charge in [-0.05, 0) is 47.5 Å². The lowest BCUT2D eigenvalue weighted by Crippen LogP contribution is -2.37. The number of hydrogen-bond acceptors (Lipinski definition) is 10. The van der Waals surface area contributed by atoms with Crippen LogP contribution in [0.5, 0.6) is 23.0 Å². The number of phenols is 1. The monoisotopic (exact) mass is 624 g/mol. The lowest BCUT2D eigenvalue weighted by molar-refractivity contribution is -0.123. The fraction of sp³-hybridized carbons (Fsp3) is 0.471. The van der Waals surface area contributed by atoms with Gasteiger partial charge in [-0.1, -0.05) is 23.3 Å². The van der Waals surface area contributed by atoms with Crippen LogP contribution in [0.1, 0.15) is 45.7 Å². The molecule has 0 aliphatic rings. The van der Waals surface area contributed by atoms with Crippen LogP contribution in [0.3, 0.4) is 0 Å². The molecule has 1 heterocycles. The van der Waals surface area contributed by atoms with E-state index in [9.17, 15) is 14.7 Å². The van der Waals surface area contributed by atoms with Gasteiger partial charge in [0.05, 0.1) is 19.1 Å². The molecular weight excluding hydrogens is 576 g/mol. The number of rotatable bonds is 18. The van der Waals surface area contributed by atoms with Crippen molar-refractivity contribution in [1.82, 2.24) is 16.0 Å². The minimum absolute atomic E-state index is 0.0698. The van der Waals surface area contributed by atoms with E-state index in [1.165, 1.54) is 7.11 Å². The maximum atomic E-state index is 14.2. The zero-order valence-electron chi connectivity index (χ0n) is 27.4. The summed E-state index contributed by atoms with van der Waals surface area (Å²) in [6, 6.07) is 3.20. The molecule has 1 aromatic heterocycles. The normalized spacial score (nSPS) is 11.0. The van der Waals surface area contributed by atoms with Gasteiger partial charge in [0.15, 0.2) is 18.1 Å². The lowest BCUT2D eigenvalue weighted by atomic mass is 9.98. The van der Waals surface area contributed by atoms with Crippen LogP contribution < -0.4 is 41.3 Å². The number of hydrogen-bond donors (Lipinski definition) is 5. The highest BCUT2D eigenvalue weighted by atomic mass is 16.5. The minimum atomic E-state index is -0.393. The highest BCUT2D eigenvalue weighted by molar-refractivity contribution is 5.98. The molecule has 246 valence electrons. The summed E-state index contributed by atoms with van der Waals surface area (Å²) in [7, 11) is 1.49. The zero-order chi connectivity index (χ0) is 32.9. The molecule has 3 aromatic rings. The van der Waals surface area contributed by atoms with E-state index in [4.69, 9.17) is 24.4 Å². The van der Waals surface area contributed by atoms with Gasteiger partial charge < -0.3 is 45.4 Å². The van der Waals surface area contributed by atoms with Gasteiger partial charge in [0.2, 0.25) is 5.43 Å². The summed E-state index contributed by atoms with van der Waals surface area (Å²) in [5.41, 5.74) is 8.65. The van der Waals surface area contributed by atoms with Crippen molar-refractivity contribution in [3.8, 4) is 23.0 Å². The second-order valence-corrected chi connectivity index (χ2v) is 11.1. The first-order chi connectivity index (χ1) is 21.6.